The predicted molar refractivity (Wildman–Crippen MR) is 84.4 cm³/mol. The fourth-order valence-electron chi connectivity index (χ4n) is 2.65. The third-order valence-corrected chi connectivity index (χ3v) is 4.19. The molecule has 1 aromatic rings. The van der Waals surface area contributed by atoms with Crippen molar-refractivity contribution in [1.82, 2.24) is 5.32 Å². The van der Waals surface area contributed by atoms with Crippen molar-refractivity contribution in [1.29, 1.82) is 0 Å². The van der Waals surface area contributed by atoms with Crippen molar-refractivity contribution in [3.63, 3.8) is 0 Å². The van der Waals surface area contributed by atoms with Crippen molar-refractivity contribution < 1.29 is 14.2 Å². The Morgan fingerprint density at radius 3 is 2.14 bits per heavy atom. The summed E-state index contributed by atoms with van der Waals surface area (Å²) in [6, 6.07) is 4.37. The molecule has 1 aromatic carbocycles. The summed E-state index contributed by atoms with van der Waals surface area (Å²) in [7, 11) is 5.01. The summed E-state index contributed by atoms with van der Waals surface area (Å²) in [5.74, 6) is 3.29. The highest BCUT2D eigenvalue weighted by Crippen LogP contribution is 2.36. The third-order valence-electron chi connectivity index (χ3n) is 4.19. The van der Waals surface area contributed by atoms with E-state index in [4.69, 9.17) is 14.2 Å². The zero-order chi connectivity index (χ0) is 15.2. The van der Waals surface area contributed by atoms with Gasteiger partial charge in [0.1, 0.15) is 17.2 Å². The van der Waals surface area contributed by atoms with E-state index in [1.807, 2.05) is 12.1 Å². The quantitative estimate of drug-likeness (QED) is 0.757. The Hall–Kier alpha value is -1.42. The van der Waals surface area contributed by atoms with Crippen molar-refractivity contribution >= 4 is 0 Å². The molecule has 0 amide bonds. The van der Waals surface area contributed by atoms with E-state index < -0.39 is 0 Å². The molecule has 0 saturated heterocycles. The van der Waals surface area contributed by atoms with Crippen molar-refractivity contribution in [3.8, 4) is 17.2 Å². The Labute approximate surface area is 127 Å². The highest BCUT2D eigenvalue weighted by atomic mass is 16.5. The van der Waals surface area contributed by atoms with E-state index in [2.05, 4.69) is 12.2 Å². The van der Waals surface area contributed by atoms with Gasteiger partial charge in [0.2, 0.25) is 0 Å². The summed E-state index contributed by atoms with van der Waals surface area (Å²) in [6.07, 6.45) is 5.22. The molecule has 4 heteroatoms. The van der Waals surface area contributed by atoms with Gasteiger partial charge in [0, 0.05) is 24.7 Å². The van der Waals surface area contributed by atoms with Crippen molar-refractivity contribution in [2.45, 2.75) is 45.2 Å². The summed E-state index contributed by atoms with van der Waals surface area (Å²) in [5, 5.41) is 3.64. The average Bonchev–Trinajstić information content (AvgIpc) is 3.34. The lowest BCUT2D eigenvalue weighted by molar-refractivity contribution is 0.361. The molecule has 0 spiro atoms. The van der Waals surface area contributed by atoms with Gasteiger partial charge in [-0.2, -0.15) is 0 Å². The zero-order valence-electron chi connectivity index (χ0n) is 13.6. The second kappa shape index (κ2) is 7.55. The Bertz CT molecular complexity index is 432. The molecule has 2 rings (SSSR count). The van der Waals surface area contributed by atoms with Gasteiger partial charge in [-0.1, -0.05) is 19.8 Å². The van der Waals surface area contributed by atoms with Crippen LogP contribution in [0.4, 0.5) is 0 Å². The summed E-state index contributed by atoms with van der Waals surface area (Å²) in [6.45, 7) is 2.99. The van der Waals surface area contributed by atoms with Crippen LogP contribution in [0.3, 0.4) is 0 Å². The summed E-state index contributed by atoms with van der Waals surface area (Å²) in [4.78, 5) is 0. The molecule has 1 fully saturated rings. The lowest BCUT2D eigenvalue weighted by Crippen LogP contribution is -2.28. The predicted octanol–water partition coefficient (Wildman–Crippen LogP) is 3.38. The van der Waals surface area contributed by atoms with E-state index in [1.165, 1.54) is 19.3 Å². The lowest BCUT2D eigenvalue weighted by Gasteiger charge is -2.20. The number of rotatable bonds is 9. The van der Waals surface area contributed by atoms with E-state index in [-0.39, 0.29) is 0 Å². The minimum atomic E-state index is 0.564. The highest BCUT2D eigenvalue weighted by Gasteiger charge is 2.25. The number of benzene rings is 1. The van der Waals surface area contributed by atoms with Gasteiger partial charge in [-0.15, -0.1) is 0 Å². The smallest absolute Gasteiger partial charge is 0.130 e. The van der Waals surface area contributed by atoms with Gasteiger partial charge in [-0.25, -0.2) is 0 Å². The number of methoxy groups -OCH3 is 3. The van der Waals surface area contributed by atoms with Crippen molar-refractivity contribution in [3.05, 3.63) is 17.7 Å². The van der Waals surface area contributed by atoms with E-state index in [9.17, 15) is 0 Å². The second-order valence-corrected chi connectivity index (χ2v) is 5.68. The number of hydrogen-bond acceptors (Lipinski definition) is 4. The number of ether oxygens (including phenoxy) is 3. The standard InChI is InChI=1S/C17H27NO3/c1-5-13(8-12-6-7-12)18-11-15-16(20-3)9-14(19-2)10-17(15)21-4/h9-10,12-13,18H,5-8,11H2,1-4H3. The van der Waals surface area contributed by atoms with Crippen LogP contribution in [-0.4, -0.2) is 27.4 Å². The Kier molecular flexibility index (Phi) is 5.74. The molecule has 0 aliphatic heterocycles. The molecule has 118 valence electrons. The fraction of sp³-hybridized carbons (Fsp3) is 0.647. The van der Waals surface area contributed by atoms with Gasteiger partial charge >= 0.3 is 0 Å². The molecule has 0 bridgehead atoms. The minimum Gasteiger partial charge on any atom is -0.496 e. The minimum absolute atomic E-state index is 0.564. The molecule has 0 aromatic heterocycles. The summed E-state index contributed by atoms with van der Waals surface area (Å²) >= 11 is 0. The van der Waals surface area contributed by atoms with Crippen LogP contribution in [-0.2, 0) is 6.54 Å². The molecule has 1 N–H and O–H groups in total. The van der Waals surface area contributed by atoms with E-state index in [0.29, 0.717) is 6.04 Å². The first-order chi connectivity index (χ1) is 10.2. The molecule has 1 aliphatic carbocycles. The molecule has 0 heterocycles. The van der Waals surface area contributed by atoms with Gasteiger partial charge in [-0.3, -0.25) is 0 Å². The molecule has 21 heavy (non-hydrogen) atoms. The topological polar surface area (TPSA) is 39.7 Å². The molecule has 4 nitrogen and oxygen atoms in total. The van der Waals surface area contributed by atoms with Crippen LogP contribution in [0.25, 0.3) is 0 Å². The van der Waals surface area contributed by atoms with Crippen LogP contribution in [0.5, 0.6) is 17.2 Å². The maximum atomic E-state index is 5.49. The molecule has 0 radical (unpaired) electrons. The Morgan fingerprint density at radius 1 is 1.10 bits per heavy atom. The van der Waals surface area contributed by atoms with Gasteiger partial charge in [0.15, 0.2) is 0 Å². The van der Waals surface area contributed by atoms with Gasteiger partial charge < -0.3 is 19.5 Å². The second-order valence-electron chi connectivity index (χ2n) is 5.68. The molecular weight excluding hydrogens is 266 g/mol. The zero-order valence-corrected chi connectivity index (χ0v) is 13.6. The van der Waals surface area contributed by atoms with Gasteiger partial charge in [0.05, 0.1) is 26.9 Å². The van der Waals surface area contributed by atoms with Crippen LogP contribution < -0.4 is 19.5 Å². The van der Waals surface area contributed by atoms with E-state index in [1.54, 1.807) is 21.3 Å². The van der Waals surface area contributed by atoms with Crippen LogP contribution in [0.15, 0.2) is 12.1 Å². The average molecular weight is 293 g/mol. The number of hydrogen-bond donors (Lipinski definition) is 1. The molecule has 1 saturated carbocycles. The lowest BCUT2D eigenvalue weighted by atomic mass is 10.1. The van der Waals surface area contributed by atoms with E-state index >= 15 is 0 Å². The summed E-state index contributed by atoms with van der Waals surface area (Å²) in [5.41, 5.74) is 1.05. The van der Waals surface area contributed by atoms with Crippen molar-refractivity contribution in [2.24, 2.45) is 5.92 Å². The normalized spacial score (nSPS) is 15.6. The maximum Gasteiger partial charge on any atom is 0.130 e. The van der Waals surface area contributed by atoms with Crippen LogP contribution in [0.1, 0.15) is 38.2 Å². The Morgan fingerprint density at radius 2 is 1.71 bits per heavy atom. The first kappa shape index (κ1) is 16.0. The Balaban J connectivity index is 2.09. The van der Waals surface area contributed by atoms with Crippen LogP contribution in [0, 0.1) is 5.92 Å². The highest BCUT2D eigenvalue weighted by molar-refractivity contribution is 5.50. The van der Waals surface area contributed by atoms with Crippen LogP contribution >= 0.6 is 0 Å². The molecule has 1 aliphatic rings. The van der Waals surface area contributed by atoms with Gasteiger partial charge in [0.25, 0.3) is 0 Å². The van der Waals surface area contributed by atoms with Gasteiger partial charge in [-0.05, 0) is 18.8 Å². The largest absolute Gasteiger partial charge is 0.496 e. The van der Waals surface area contributed by atoms with Crippen LogP contribution in [0.2, 0.25) is 0 Å². The van der Waals surface area contributed by atoms with Crippen molar-refractivity contribution in [2.75, 3.05) is 21.3 Å². The molecule has 1 atom stereocenters. The summed E-state index contributed by atoms with van der Waals surface area (Å²) < 4.78 is 16.3. The SMILES string of the molecule is CCC(CC1CC1)NCc1c(OC)cc(OC)cc1OC. The maximum absolute atomic E-state index is 5.49. The van der Waals surface area contributed by atoms with E-state index in [0.717, 1.165) is 41.7 Å². The first-order valence-electron chi connectivity index (χ1n) is 7.74. The monoisotopic (exact) mass is 293 g/mol. The third kappa shape index (κ3) is 4.27. The molecule has 1 unspecified atom stereocenters. The first-order valence-corrected chi connectivity index (χ1v) is 7.74. The fourth-order valence-corrected chi connectivity index (χ4v) is 2.65. The number of nitrogens with one attached hydrogen (secondary N) is 1. The molecular formula is C17H27NO3.